The van der Waals surface area contributed by atoms with Gasteiger partial charge in [-0.05, 0) is 55.3 Å². The lowest BCUT2D eigenvalue weighted by Crippen LogP contribution is -2.32. The Morgan fingerprint density at radius 2 is 1.80 bits per heavy atom. The van der Waals surface area contributed by atoms with Crippen LogP contribution in [0.2, 0.25) is 0 Å². The zero-order valence-electron chi connectivity index (χ0n) is 14.6. The molecule has 0 radical (unpaired) electrons. The van der Waals surface area contributed by atoms with Crippen LogP contribution in [0.1, 0.15) is 18.1 Å². The molecule has 0 heterocycles. The van der Waals surface area contributed by atoms with Gasteiger partial charge in [-0.25, -0.2) is 8.42 Å². The number of carbonyl (C=O) groups is 1. The van der Waals surface area contributed by atoms with Crippen molar-refractivity contribution in [2.45, 2.75) is 25.7 Å². The number of nitrogens with one attached hydrogen (secondary N) is 1. The molecule has 5 nitrogen and oxygen atoms in total. The highest BCUT2D eigenvalue weighted by molar-refractivity contribution is 7.92. The van der Waals surface area contributed by atoms with E-state index in [0.717, 1.165) is 11.1 Å². The first-order valence-electron chi connectivity index (χ1n) is 7.85. The molecule has 2 rings (SSSR count). The van der Waals surface area contributed by atoms with Gasteiger partial charge < -0.3 is 5.32 Å². The first-order chi connectivity index (χ1) is 11.8. The molecule has 0 aliphatic carbocycles. The third-order valence-corrected chi connectivity index (χ3v) is 5.70. The molecule has 0 saturated carbocycles. The molecule has 0 aliphatic heterocycles. The fraction of sp³-hybridized carbons (Fsp3) is 0.211. The van der Waals surface area contributed by atoms with E-state index >= 15 is 0 Å². The number of carbonyl (C=O) groups excluding carboxylic acids is 1. The monoisotopic (exact) mass is 358 g/mol. The summed E-state index contributed by atoms with van der Waals surface area (Å²) < 4.78 is 27.6. The topological polar surface area (TPSA) is 66.5 Å². The third kappa shape index (κ3) is 4.09. The van der Waals surface area contributed by atoms with Crippen LogP contribution in [0.3, 0.4) is 0 Å². The lowest BCUT2D eigenvalue weighted by molar-refractivity contribution is -0.114. The average Bonchev–Trinajstić information content (AvgIpc) is 2.55. The number of nitrogens with zero attached hydrogens (tertiary/aromatic N) is 1. The van der Waals surface area contributed by atoms with E-state index in [-0.39, 0.29) is 17.3 Å². The zero-order valence-corrected chi connectivity index (χ0v) is 15.4. The Morgan fingerprint density at radius 1 is 1.16 bits per heavy atom. The van der Waals surface area contributed by atoms with Crippen molar-refractivity contribution >= 4 is 27.3 Å². The molecule has 0 unspecified atom stereocenters. The van der Waals surface area contributed by atoms with Gasteiger partial charge in [0.2, 0.25) is 5.91 Å². The second-order valence-electron chi connectivity index (χ2n) is 5.75. The Bertz CT molecular complexity index is 887. The summed E-state index contributed by atoms with van der Waals surface area (Å²) in [6.07, 6.45) is 1.56. The van der Waals surface area contributed by atoms with Gasteiger partial charge in [-0.2, -0.15) is 0 Å². The van der Waals surface area contributed by atoms with Gasteiger partial charge in [-0.1, -0.05) is 18.2 Å². The summed E-state index contributed by atoms with van der Waals surface area (Å²) in [4.78, 5) is 11.3. The Balaban J connectivity index is 2.47. The van der Waals surface area contributed by atoms with E-state index in [1.807, 2.05) is 26.0 Å². The molecule has 0 atom stereocenters. The van der Waals surface area contributed by atoms with Crippen molar-refractivity contribution in [3.8, 4) is 0 Å². The molecule has 1 N–H and O–H groups in total. The predicted molar refractivity (Wildman–Crippen MR) is 101 cm³/mol. The largest absolute Gasteiger partial charge is 0.326 e. The molecule has 0 saturated heterocycles. The summed E-state index contributed by atoms with van der Waals surface area (Å²) in [7, 11) is -3.75. The smallest absolute Gasteiger partial charge is 0.264 e. The third-order valence-electron chi connectivity index (χ3n) is 3.90. The van der Waals surface area contributed by atoms with Crippen molar-refractivity contribution in [3.05, 3.63) is 66.2 Å². The summed E-state index contributed by atoms with van der Waals surface area (Å²) in [6, 6.07) is 11.7. The molecule has 25 heavy (non-hydrogen) atoms. The standard InChI is InChI=1S/C19H22N2O3S/c1-5-13-21(19-8-6-7-14(2)15(19)3)25(23,24)18-11-9-17(10-12-18)20-16(4)22/h5-12H,1,13H2,2-4H3,(H,20,22). The molecule has 6 heteroatoms. The van der Waals surface area contributed by atoms with Gasteiger partial charge in [-0.15, -0.1) is 6.58 Å². The van der Waals surface area contributed by atoms with Gasteiger partial charge >= 0.3 is 0 Å². The van der Waals surface area contributed by atoms with Crippen LogP contribution in [0.15, 0.2) is 60.0 Å². The summed E-state index contributed by atoms with van der Waals surface area (Å²) in [6.45, 7) is 9.09. The molecule has 132 valence electrons. The number of benzene rings is 2. The fourth-order valence-corrected chi connectivity index (χ4v) is 3.98. The molecule has 0 spiro atoms. The molecule has 0 fully saturated rings. The number of sulfonamides is 1. The minimum Gasteiger partial charge on any atom is -0.326 e. The van der Waals surface area contributed by atoms with Crippen LogP contribution in [0, 0.1) is 13.8 Å². The molecule has 1 amide bonds. The fourth-order valence-electron chi connectivity index (χ4n) is 2.49. The highest BCUT2D eigenvalue weighted by Gasteiger charge is 2.25. The van der Waals surface area contributed by atoms with E-state index < -0.39 is 10.0 Å². The van der Waals surface area contributed by atoms with Crippen molar-refractivity contribution in [3.63, 3.8) is 0 Å². The Morgan fingerprint density at radius 3 is 2.36 bits per heavy atom. The number of rotatable bonds is 6. The maximum absolute atomic E-state index is 13.1. The maximum atomic E-state index is 13.1. The van der Waals surface area contributed by atoms with Gasteiger partial charge in [0, 0.05) is 12.6 Å². The van der Waals surface area contributed by atoms with E-state index in [1.54, 1.807) is 24.3 Å². The summed E-state index contributed by atoms with van der Waals surface area (Å²) in [5.74, 6) is -0.209. The molecule has 0 aromatic heterocycles. The number of aryl methyl sites for hydroxylation is 1. The quantitative estimate of drug-likeness (QED) is 0.802. The zero-order chi connectivity index (χ0) is 18.6. The summed E-state index contributed by atoms with van der Waals surface area (Å²) in [5, 5.41) is 2.62. The van der Waals surface area contributed by atoms with E-state index in [9.17, 15) is 13.2 Å². The van der Waals surface area contributed by atoms with Crippen LogP contribution in [-0.2, 0) is 14.8 Å². The van der Waals surface area contributed by atoms with E-state index in [0.29, 0.717) is 11.4 Å². The minimum absolute atomic E-state index is 0.157. The minimum atomic E-state index is -3.75. The van der Waals surface area contributed by atoms with E-state index in [2.05, 4.69) is 11.9 Å². The molecule has 2 aromatic carbocycles. The lowest BCUT2D eigenvalue weighted by atomic mass is 10.1. The second-order valence-corrected chi connectivity index (χ2v) is 7.61. The predicted octanol–water partition coefficient (Wildman–Crippen LogP) is 3.64. The van der Waals surface area contributed by atoms with E-state index in [4.69, 9.17) is 0 Å². The molecule has 2 aromatic rings. The van der Waals surface area contributed by atoms with Crippen molar-refractivity contribution in [2.75, 3.05) is 16.2 Å². The lowest BCUT2D eigenvalue weighted by Gasteiger charge is -2.25. The number of hydrogen-bond acceptors (Lipinski definition) is 3. The first kappa shape index (κ1) is 18.7. The first-order valence-corrected chi connectivity index (χ1v) is 9.29. The average molecular weight is 358 g/mol. The second kappa shape index (κ2) is 7.53. The van der Waals surface area contributed by atoms with Crippen LogP contribution < -0.4 is 9.62 Å². The van der Waals surface area contributed by atoms with Gasteiger partial charge in [0.25, 0.3) is 10.0 Å². The van der Waals surface area contributed by atoms with Crippen LogP contribution in [-0.4, -0.2) is 20.9 Å². The van der Waals surface area contributed by atoms with Crippen molar-refractivity contribution in [1.29, 1.82) is 0 Å². The number of anilines is 2. The Kier molecular flexibility index (Phi) is 5.64. The number of hydrogen-bond donors (Lipinski definition) is 1. The van der Waals surface area contributed by atoms with Crippen LogP contribution in [0.5, 0.6) is 0 Å². The van der Waals surface area contributed by atoms with Crippen LogP contribution in [0.25, 0.3) is 0 Å². The normalized spacial score (nSPS) is 11.0. The van der Waals surface area contributed by atoms with E-state index in [1.165, 1.54) is 23.4 Å². The maximum Gasteiger partial charge on any atom is 0.264 e. The summed E-state index contributed by atoms with van der Waals surface area (Å²) >= 11 is 0. The van der Waals surface area contributed by atoms with Crippen LogP contribution >= 0.6 is 0 Å². The van der Waals surface area contributed by atoms with Crippen molar-refractivity contribution < 1.29 is 13.2 Å². The summed E-state index contributed by atoms with van der Waals surface area (Å²) in [5.41, 5.74) is 3.10. The van der Waals surface area contributed by atoms with Crippen molar-refractivity contribution in [2.24, 2.45) is 0 Å². The Labute approximate surface area is 149 Å². The SMILES string of the molecule is C=CCN(c1cccc(C)c1C)S(=O)(=O)c1ccc(NC(C)=O)cc1. The molecule has 0 aliphatic rings. The van der Waals surface area contributed by atoms with Gasteiger partial charge in [-0.3, -0.25) is 9.10 Å². The number of amides is 1. The van der Waals surface area contributed by atoms with Gasteiger partial charge in [0.15, 0.2) is 0 Å². The van der Waals surface area contributed by atoms with Crippen LogP contribution in [0.4, 0.5) is 11.4 Å². The van der Waals surface area contributed by atoms with Crippen molar-refractivity contribution in [1.82, 2.24) is 0 Å². The highest BCUT2D eigenvalue weighted by Crippen LogP contribution is 2.29. The molecular weight excluding hydrogens is 336 g/mol. The molecular formula is C19H22N2O3S. The molecule has 0 bridgehead atoms. The highest BCUT2D eigenvalue weighted by atomic mass is 32.2. The van der Waals surface area contributed by atoms with Gasteiger partial charge in [0.05, 0.1) is 17.1 Å². The van der Waals surface area contributed by atoms with Gasteiger partial charge in [0.1, 0.15) is 0 Å². The Hall–Kier alpha value is -2.60.